The molecular weight excluding hydrogens is 248 g/mol. The van der Waals surface area contributed by atoms with E-state index in [0.29, 0.717) is 0 Å². The molecular formula is C18H20O2. The summed E-state index contributed by atoms with van der Waals surface area (Å²) in [5, 5.41) is 0. The Hall–Kier alpha value is -2.48. The molecule has 0 fully saturated rings. The number of hydrogen-bond donors (Lipinski definition) is 0. The van der Waals surface area contributed by atoms with Crippen molar-refractivity contribution in [1.82, 2.24) is 0 Å². The lowest BCUT2D eigenvalue weighted by Gasteiger charge is -1.87. The van der Waals surface area contributed by atoms with Gasteiger partial charge >= 0.3 is 0 Å². The molecule has 2 heteroatoms. The van der Waals surface area contributed by atoms with Gasteiger partial charge in [0.1, 0.15) is 12.6 Å². The number of carbonyl (C=O) groups is 2. The summed E-state index contributed by atoms with van der Waals surface area (Å²) in [5.41, 5.74) is 2.18. The molecule has 0 atom stereocenters. The van der Waals surface area contributed by atoms with Crippen molar-refractivity contribution in [1.29, 1.82) is 0 Å². The lowest BCUT2D eigenvalue weighted by atomic mass is 10.2. The maximum Gasteiger partial charge on any atom is 0.142 e. The van der Waals surface area contributed by atoms with Crippen molar-refractivity contribution in [3.8, 4) is 0 Å². The first kappa shape index (κ1) is 17.5. The van der Waals surface area contributed by atoms with Crippen LogP contribution >= 0.6 is 0 Å². The van der Waals surface area contributed by atoms with Crippen LogP contribution in [0, 0.1) is 0 Å². The van der Waals surface area contributed by atoms with Crippen LogP contribution < -0.4 is 0 Å². The molecule has 0 rings (SSSR count). The summed E-state index contributed by atoms with van der Waals surface area (Å²) in [6, 6.07) is 0. The minimum atomic E-state index is 0.745. The minimum absolute atomic E-state index is 0.745. The van der Waals surface area contributed by atoms with Crippen LogP contribution in [0.1, 0.15) is 13.8 Å². The predicted molar refractivity (Wildman–Crippen MR) is 85.3 cm³/mol. The van der Waals surface area contributed by atoms with E-state index in [1.807, 2.05) is 62.5 Å². The van der Waals surface area contributed by atoms with Crippen molar-refractivity contribution in [2.75, 3.05) is 0 Å². The predicted octanol–water partition coefficient (Wildman–Crippen LogP) is 4.06. The molecule has 0 aliphatic heterocycles. The van der Waals surface area contributed by atoms with Crippen LogP contribution in [-0.2, 0) is 9.59 Å². The van der Waals surface area contributed by atoms with Gasteiger partial charge in [0.05, 0.1) is 0 Å². The molecule has 2 nitrogen and oxygen atoms in total. The summed E-state index contributed by atoms with van der Waals surface area (Å²) < 4.78 is 0. The standard InChI is InChI=1S/C18H20O2/c1-17(11-5-3-9-15-19)13-7-8-14-18(2)12-6-4-10-16-20/h3-16H,1-2H3/b8-7+,9-3+,10-4+,11-5+,12-6+,17-13+,18-14+. The first-order chi connectivity index (χ1) is 9.70. The molecule has 0 amide bonds. The highest BCUT2D eigenvalue weighted by Crippen LogP contribution is 1.98. The molecule has 0 aromatic rings. The van der Waals surface area contributed by atoms with Crippen molar-refractivity contribution in [2.24, 2.45) is 0 Å². The number of aldehydes is 2. The Morgan fingerprint density at radius 3 is 1.30 bits per heavy atom. The number of hydrogen-bond acceptors (Lipinski definition) is 2. The molecule has 104 valence electrons. The van der Waals surface area contributed by atoms with Crippen molar-refractivity contribution >= 4 is 12.6 Å². The highest BCUT2D eigenvalue weighted by Gasteiger charge is 1.78. The van der Waals surface area contributed by atoms with E-state index in [2.05, 4.69) is 0 Å². The molecule has 0 aliphatic carbocycles. The highest BCUT2D eigenvalue weighted by molar-refractivity contribution is 5.65. The maximum absolute atomic E-state index is 10.1. The second-order valence-electron chi connectivity index (χ2n) is 3.97. The summed E-state index contributed by atoms with van der Waals surface area (Å²) in [6.45, 7) is 3.96. The van der Waals surface area contributed by atoms with E-state index in [0.717, 1.165) is 23.7 Å². The molecule has 0 aliphatic rings. The van der Waals surface area contributed by atoms with Crippen molar-refractivity contribution in [3.63, 3.8) is 0 Å². The minimum Gasteiger partial charge on any atom is -0.299 e. The summed E-state index contributed by atoms with van der Waals surface area (Å²) in [4.78, 5) is 20.1. The SMILES string of the molecule is CC(/C=C/C=C/C=O)=C\C=C\C=C(C)\C=C\C=C\C=O. The Morgan fingerprint density at radius 2 is 0.950 bits per heavy atom. The van der Waals surface area contributed by atoms with E-state index in [1.54, 1.807) is 12.2 Å². The fourth-order valence-corrected chi connectivity index (χ4v) is 1.16. The van der Waals surface area contributed by atoms with Crippen LogP contribution in [0.5, 0.6) is 0 Å². The van der Waals surface area contributed by atoms with E-state index in [1.165, 1.54) is 12.2 Å². The van der Waals surface area contributed by atoms with Crippen LogP contribution in [0.2, 0.25) is 0 Å². The Balaban J connectivity index is 4.35. The summed E-state index contributed by atoms with van der Waals surface area (Å²) in [6.07, 6.45) is 23.1. The zero-order valence-electron chi connectivity index (χ0n) is 11.9. The van der Waals surface area contributed by atoms with Gasteiger partial charge < -0.3 is 0 Å². The third-order valence-electron chi connectivity index (χ3n) is 2.15. The van der Waals surface area contributed by atoms with Gasteiger partial charge in [-0.1, -0.05) is 71.9 Å². The zero-order valence-corrected chi connectivity index (χ0v) is 11.9. The van der Waals surface area contributed by atoms with E-state index in [9.17, 15) is 9.59 Å². The lowest BCUT2D eigenvalue weighted by molar-refractivity contribution is -0.104. The van der Waals surface area contributed by atoms with Crippen molar-refractivity contribution in [3.05, 3.63) is 84.1 Å². The molecule has 20 heavy (non-hydrogen) atoms. The van der Waals surface area contributed by atoms with Crippen LogP contribution in [0.4, 0.5) is 0 Å². The van der Waals surface area contributed by atoms with Gasteiger partial charge in [-0.2, -0.15) is 0 Å². The van der Waals surface area contributed by atoms with Gasteiger partial charge in [0.2, 0.25) is 0 Å². The van der Waals surface area contributed by atoms with E-state index < -0.39 is 0 Å². The highest BCUT2D eigenvalue weighted by atomic mass is 16.1. The number of rotatable bonds is 8. The fraction of sp³-hybridized carbons (Fsp3) is 0.111. The van der Waals surface area contributed by atoms with Gasteiger partial charge in [-0.25, -0.2) is 0 Å². The summed E-state index contributed by atoms with van der Waals surface area (Å²) >= 11 is 0. The van der Waals surface area contributed by atoms with Crippen LogP contribution in [0.15, 0.2) is 84.1 Å². The molecule has 0 spiro atoms. The smallest absolute Gasteiger partial charge is 0.142 e. The Bertz CT molecular complexity index is 450. The van der Waals surface area contributed by atoms with Gasteiger partial charge in [0.25, 0.3) is 0 Å². The lowest BCUT2D eigenvalue weighted by Crippen LogP contribution is -1.67. The van der Waals surface area contributed by atoms with Gasteiger partial charge in [-0.05, 0) is 26.0 Å². The Labute approximate surface area is 120 Å². The molecule has 0 N–H and O–H groups in total. The summed E-state index contributed by atoms with van der Waals surface area (Å²) in [7, 11) is 0. The summed E-state index contributed by atoms with van der Waals surface area (Å²) in [5.74, 6) is 0. The maximum atomic E-state index is 10.1. The average Bonchev–Trinajstić information content (AvgIpc) is 2.44. The molecule has 0 radical (unpaired) electrons. The first-order valence-electron chi connectivity index (χ1n) is 6.29. The second kappa shape index (κ2) is 13.0. The molecule has 0 saturated heterocycles. The fourth-order valence-electron chi connectivity index (χ4n) is 1.16. The quantitative estimate of drug-likeness (QED) is 0.378. The largest absolute Gasteiger partial charge is 0.299 e. The Kier molecular flexibility index (Phi) is 11.4. The zero-order chi connectivity index (χ0) is 15.1. The third kappa shape index (κ3) is 12.0. The molecule has 0 unspecified atom stereocenters. The van der Waals surface area contributed by atoms with Crippen LogP contribution in [-0.4, -0.2) is 12.6 Å². The second-order valence-corrected chi connectivity index (χ2v) is 3.97. The molecule has 0 bridgehead atoms. The normalized spacial score (nSPS) is 14.5. The molecule has 0 heterocycles. The Morgan fingerprint density at radius 1 is 0.550 bits per heavy atom. The van der Waals surface area contributed by atoms with Crippen molar-refractivity contribution in [2.45, 2.75) is 13.8 Å². The van der Waals surface area contributed by atoms with E-state index in [4.69, 9.17) is 0 Å². The number of carbonyl (C=O) groups excluding carboxylic acids is 2. The van der Waals surface area contributed by atoms with E-state index in [-0.39, 0.29) is 0 Å². The van der Waals surface area contributed by atoms with Gasteiger partial charge in [0.15, 0.2) is 0 Å². The van der Waals surface area contributed by atoms with Gasteiger partial charge in [-0.15, -0.1) is 0 Å². The van der Waals surface area contributed by atoms with Crippen molar-refractivity contribution < 1.29 is 9.59 Å². The first-order valence-corrected chi connectivity index (χ1v) is 6.29. The molecule has 0 aromatic carbocycles. The van der Waals surface area contributed by atoms with Gasteiger partial charge in [-0.3, -0.25) is 9.59 Å². The van der Waals surface area contributed by atoms with Crippen LogP contribution in [0.3, 0.4) is 0 Å². The van der Waals surface area contributed by atoms with E-state index >= 15 is 0 Å². The molecule has 0 aromatic heterocycles. The topological polar surface area (TPSA) is 34.1 Å². The third-order valence-corrected chi connectivity index (χ3v) is 2.15. The molecule has 0 saturated carbocycles. The monoisotopic (exact) mass is 268 g/mol. The van der Waals surface area contributed by atoms with Crippen LogP contribution in [0.25, 0.3) is 0 Å². The van der Waals surface area contributed by atoms with Gasteiger partial charge in [0, 0.05) is 0 Å². The average molecular weight is 268 g/mol. The number of allylic oxidation sites excluding steroid dienone is 14.